The summed E-state index contributed by atoms with van der Waals surface area (Å²) in [6.07, 6.45) is 1.60. The Balaban J connectivity index is 1.69. The molecule has 4 heteroatoms. The Morgan fingerprint density at radius 3 is 2.95 bits per heavy atom. The second-order valence-electron chi connectivity index (χ2n) is 7.31. The third-order valence-corrected chi connectivity index (χ3v) is 5.19. The maximum absolute atomic E-state index is 11.2. The summed E-state index contributed by atoms with van der Waals surface area (Å²) in [7, 11) is 2.20. The van der Waals surface area contributed by atoms with Crippen LogP contribution in [0.2, 0.25) is 0 Å². The lowest BCUT2D eigenvalue weighted by molar-refractivity contribution is -0.151. The molecule has 2 fully saturated rings. The quantitative estimate of drug-likeness (QED) is 0.930. The van der Waals surface area contributed by atoms with Gasteiger partial charge in [-0.05, 0) is 31.2 Å². The van der Waals surface area contributed by atoms with Crippen LogP contribution in [0, 0.1) is 11.3 Å². The monoisotopic (exact) mass is 302 g/mol. The van der Waals surface area contributed by atoms with Crippen LogP contribution in [-0.4, -0.2) is 36.6 Å². The highest BCUT2D eigenvalue weighted by molar-refractivity contribution is 5.88. The van der Waals surface area contributed by atoms with E-state index in [1.54, 1.807) is 0 Å². The van der Waals surface area contributed by atoms with Crippen molar-refractivity contribution in [2.45, 2.75) is 45.9 Å². The number of nitrogens with zero attached hydrogens (tertiary/aromatic N) is 1. The van der Waals surface area contributed by atoms with E-state index in [0.717, 1.165) is 18.8 Å². The van der Waals surface area contributed by atoms with E-state index in [2.05, 4.69) is 43.2 Å². The average Bonchev–Trinajstić information content (AvgIpc) is 2.84. The van der Waals surface area contributed by atoms with E-state index in [1.165, 1.54) is 18.9 Å². The third-order valence-electron chi connectivity index (χ3n) is 5.19. The normalized spacial score (nSPS) is 29.0. The lowest BCUT2D eigenvalue weighted by Crippen LogP contribution is -2.65. The molecule has 0 aromatic heterocycles. The highest BCUT2D eigenvalue weighted by atomic mass is 16.5. The molecular weight excluding hydrogens is 276 g/mol. The third kappa shape index (κ3) is 2.66. The van der Waals surface area contributed by atoms with Crippen molar-refractivity contribution in [1.29, 1.82) is 0 Å². The van der Waals surface area contributed by atoms with Gasteiger partial charge in [-0.2, -0.15) is 0 Å². The van der Waals surface area contributed by atoms with Gasteiger partial charge in [-0.1, -0.05) is 26.0 Å². The van der Waals surface area contributed by atoms with Gasteiger partial charge in [0.2, 0.25) is 5.91 Å². The van der Waals surface area contributed by atoms with E-state index in [4.69, 9.17) is 4.74 Å². The topological polar surface area (TPSA) is 41.6 Å². The Bertz CT molecular complexity index is 570. The number of hydrogen-bond acceptors (Lipinski definition) is 3. The zero-order valence-electron chi connectivity index (χ0n) is 13.9. The predicted octanol–water partition coefficient (Wildman–Crippen LogP) is 2.89. The van der Waals surface area contributed by atoms with Crippen LogP contribution in [0.15, 0.2) is 24.3 Å². The molecule has 120 valence electrons. The van der Waals surface area contributed by atoms with E-state index in [-0.39, 0.29) is 11.3 Å². The van der Waals surface area contributed by atoms with Gasteiger partial charge in [0.05, 0.1) is 6.10 Å². The van der Waals surface area contributed by atoms with Crippen LogP contribution >= 0.6 is 0 Å². The summed E-state index contributed by atoms with van der Waals surface area (Å²) in [4.78, 5) is 13.6. The van der Waals surface area contributed by atoms with Gasteiger partial charge in [-0.3, -0.25) is 9.69 Å². The molecule has 0 radical (unpaired) electrons. The minimum Gasteiger partial charge on any atom is -0.377 e. The zero-order valence-corrected chi connectivity index (χ0v) is 13.9. The van der Waals surface area contributed by atoms with Gasteiger partial charge in [-0.25, -0.2) is 0 Å². The molecule has 0 unspecified atom stereocenters. The number of nitrogens with one attached hydrogen (secondary N) is 1. The fourth-order valence-corrected chi connectivity index (χ4v) is 4.53. The summed E-state index contributed by atoms with van der Waals surface area (Å²) < 4.78 is 5.89. The maximum atomic E-state index is 11.2. The van der Waals surface area contributed by atoms with Crippen LogP contribution in [0.4, 0.5) is 5.69 Å². The molecule has 1 aliphatic carbocycles. The molecule has 3 rings (SSSR count). The first-order valence-electron chi connectivity index (χ1n) is 8.08. The first kappa shape index (κ1) is 15.5. The van der Waals surface area contributed by atoms with Crippen molar-refractivity contribution in [2.24, 2.45) is 11.3 Å². The molecule has 1 saturated heterocycles. The average molecular weight is 302 g/mol. The van der Waals surface area contributed by atoms with Crippen LogP contribution in [-0.2, 0) is 16.1 Å². The number of carbonyl (C=O) groups excluding carboxylic acids is 1. The fraction of sp³-hybridized carbons (Fsp3) is 0.611. The molecule has 3 atom stereocenters. The predicted molar refractivity (Wildman–Crippen MR) is 87.6 cm³/mol. The van der Waals surface area contributed by atoms with Gasteiger partial charge in [0.1, 0.15) is 0 Å². The number of fused-ring (bicyclic) bond motifs is 1. The van der Waals surface area contributed by atoms with Crippen LogP contribution in [0.1, 0.15) is 32.8 Å². The van der Waals surface area contributed by atoms with Crippen molar-refractivity contribution in [3.63, 3.8) is 0 Å². The van der Waals surface area contributed by atoms with Gasteiger partial charge in [-0.15, -0.1) is 0 Å². The second kappa shape index (κ2) is 5.67. The number of amides is 1. The van der Waals surface area contributed by atoms with Crippen LogP contribution in [0.25, 0.3) is 0 Å². The van der Waals surface area contributed by atoms with Gasteiger partial charge in [0.25, 0.3) is 0 Å². The Morgan fingerprint density at radius 2 is 2.23 bits per heavy atom. The molecule has 1 aliphatic heterocycles. The van der Waals surface area contributed by atoms with Crippen molar-refractivity contribution < 1.29 is 9.53 Å². The smallest absolute Gasteiger partial charge is 0.221 e. The summed E-state index contributed by atoms with van der Waals surface area (Å²) in [6.45, 7) is 7.96. The number of hydrogen-bond donors (Lipinski definition) is 1. The minimum absolute atomic E-state index is 0.0309. The zero-order chi connectivity index (χ0) is 15.9. The van der Waals surface area contributed by atoms with Gasteiger partial charge in [0, 0.05) is 43.1 Å². The molecule has 22 heavy (non-hydrogen) atoms. The van der Waals surface area contributed by atoms with Crippen molar-refractivity contribution in [1.82, 2.24) is 4.90 Å². The number of ether oxygens (including phenoxy) is 1. The molecule has 0 spiro atoms. The Morgan fingerprint density at radius 1 is 1.45 bits per heavy atom. The van der Waals surface area contributed by atoms with E-state index < -0.39 is 0 Å². The second-order valence-corrected chi connectivity index (χ2v) is 7.31. The Labute approximate surface area is 132 Å². The first-order chi connectivity index (χ1) is 10.4. The largest absolute Gasteiger partial charge is 0.377 e. The van der Waals surface area contributed by atoms with E-state index in [9.17, 15) is 4.79 Å². The van der Waals surface area contributed by atoms with Crippen molar-refractivity contribution in [3.05, 3.63) is 29.8 Å². The molecular formula is C18H26N2O2. The highest BCUT2D eigenvalue weighted by Gasteiger charge is 2.60. The minimum atomic E-state index is -0.0309. The van der Waals surface area contributed by atoms with Crippen molar-refractivity contribution >= 4 is 11.6 Å². The molecule has 1 aromatic carbocycles. The Kier molecular flexibility index (Phi) is 4.00. The van der Waals surface area contributed by atoms with Crippen LogP contribution in [0.5, 0.6) is 0 Å². The van der Waals surface area contributed by atoms with Crippen LogP contribution < -0.4 is 5.32 Å². The van der Waals surface area contributed by atoms with Gasteiger partial charge in [0.15, 0.2) is 0 Å². The molecule has 2 aliphatic rings. The molecule has 1 saturated carbocycles. The summed E-state index contributed by atoms with van der Waals surface area (Å²) in [5.41, 5.74) is 2.31. The molecule has 1 amide bonds. The van der Waals surface area contributed by atoms with Gasteiger partial charge >= 0.3 is 0 Å². The van der Waals surface area contributed by atoms with Crippen molar-refractivity contribution in [2.75, 3.05) is 19.0 Å². The Hall–Kier alpha value is -1.39. The van der Waals surface area contributed by atoms with Crippen LogP contribution in [0.3, 0.4) is 0 Å². The molecule has 4 nitrogen and oxygen atoms in total. The molecule has 0 bridgehead atoms. The number of anilines is 1. The lowest BCUT2D eigenvalue weighted by atomic mass is 9.57. The lowest BCUT2D eigenvalue weighted by Gasteiger charge is -2.58. The number of rotatable bonds is 4. The number of benzene rings is 1. The number of carbonyl (C=O) groups is 1. The maximum Gasteiger partial charge on any atom is 0.221 e. The first-order valence-corrected chi connectivity index (χ1v) is 8.08. The SMILES string of the molecule is CC(=O)Nc1cccc(CN(C)[C@@H]2[C@H]3CCO[C@H]3C2(C)C)c1. The van der Waals surface area contributed by atoms with E-state index in [1.807, 2.05) is 12.1 Å². The summed E-state index contributed by atoms with van der Waals surface area (Å²) in [5, 5.41) is 2.85. The summed E-state index contributed by atoms with van der Waals surface area (Å²) in [6, 6.07) is 8.67. The van der Waals surface area contributed by atoms with E-state index >= 15 is 0 Å². The molecule has 1 heterocycles. The summed E-state index contributed by atoms with van der Waals surface area (Å²) >= 11 is 0. The molecule has 1 N–H and O–H groups in total. The summed E-state index contributed by atoms with van der Waals surface area (Å²) in [5.74, 6) is 0.634. The van der Waals surface area contributed by atoms with Gasteiger partial charge < -0.3 is 10.1 Å². The highest BCUT2D eigenvalue weighted by Crippen LogP contribution is 2.54. The van der Waals surface area contributed by atoms with E-state index in [0.29, 0.717) is 18.1 Å². The van der Waals surface area contributed by atoms with Crippen molar-refractivity contribution in [3.8, 4) is 0 Å². The fourth-order valence-electron chi connectivity index (χ4n) is 4.53. The standard InChI is InChI=1S/C18H26N2O2/c1-12(21)19-14-7-5-6-13(10-14)11-20(4)16-15-8-9-22-17(15)18(16,2)3/h5-7,10,15-17H,8-9,11H2,1-4H3,(H,19,21)/t15-,16-,17-/m1/s1. The molecule has 1 aromatic rings.